The molecule has 2 aliphatic heterocycles. The van der Waals surface area contributed by atoms with E-state index < -0.39 is 58.8 Å². The predicted molar refractivity (Wildman–Crippen MR) is 125 cm³/mol. The molecule has 0 spiro atoms. The van der Waals surface area contributed by atoms with Gasteiger partial charge in [0.05, 0.1) is 25.3 Å². The summed E-state index contributed by atoms with van der Waals surface area (Å²) >= 11 is 0. The first-order valence-electron chi connectivity index (χ1n) is 11.7. The molecule has 0 aliphatic carbocycles. The molecule has 2 heterocycles. The van der Waals surface area contributed by atoms with E-state index in [1.54, 1.807) is 69.2 Å². The van der Waals surface area contributed by atoms with Gasteiger partial charge in [-0.3, -0.25) is 0 Å². The second-order valence-electron chi connectivity index (χ2n) is 12.6. The van der Waals surface area contributed by atoms with Crippen LogP contribution in [0.15, 0.2) is 0 Å². The maximum absolute atomic E-state index is 13.6. The summed E-state index contributed by atoms with van der Waals surface area (Å²) < 4.78 is 37.6. The molecule has 10 heteroatoms. The van der Waals surface area contributed by atoms with E-state index >= 15 is 0 Å². The number of alkyl halides is 2. The molecule has 2 N–H and O–H groups in total. The van der Waals surface area contributed by atoms with Gasteiger partial charge in [-0.1, -0.05) is 27.7 Å². The average Bonchev–Trinajstić information content (AvgIpc) is 2.61. The highest BCUT2D eigenvalue weighted by molar-refractivity contribution is 5.69. The van der Waals surface area contributed by atoms with E-state index in [1.807, 2.05) is 0 Å². The highest BCUT2D eigenvalue weighted by Crippen LogP contribution is 2.32. The zero-order valence-corrected chi connectivity index (χ0v) is 22.3. The fraction of sp³-hybridized carbons (Fsp3) is 0.917. The van der Waals surface area contributed by atoms with E-state index in [0.29, 0.717) is 13.1 Å². The molecule has 34 heavy (non-hydrogen) atoms. The summed E-state index contributed by atoms with van der Waals surface area (Å²) in [5.74, 6) is 0. The number of piperidine rings is 2. The fourth-order valence-corrected chi connectivity index (χ4v) is 3.83. The number of amides is 2. The Labute approximate surface area is 202 Å². The summed E-state index contributed by atoms with van der Waals surface area (Å²) in [6.45, 7) is 17.9. The smallest absolute Gasteiger partial charge is 0.410 e. The van der Waals surface area contributed by atoms with Crippen LogP contribution in [0.3, 0.4) is 0 Å². The van der Waals surface area contributed by atoms with Crippen molar-refractivity contribution >= 4 is 12.2 Å². The van der Waals surface area contributed by atoms with E-state index in [0.717, 1.165) is 0 Å². The maximum Gasteiger partial charge on any atom is 0.410 e. The number of halogens is 2. The molecular formula is C24H44F2N2O6. The molecule has 0 saturated carbocycles. The number of hydrogen-bond acceptors (Lipinski definition) is 6. The van der Waals surface area contributed by atoms with Crippen LogP contribution in [0.5, 0.6) is 0 Å². The number of hydrogen-bond donors (Lipinski definition) is 2. The summed E-state index contributed by atoms with van der Waals surface area (Å²) in [4.78, 5) is 26.3. The lowest BCUT2D eigenvalue weighted by Crippen LogP contribution is -2.57. The Bertz CT molecular complexity index is 657. The molecule has 2 saturated heterocycles. The van der Waals surface area contributed by atoms with Crippen LogP contribution in [0.25, 0.3) is 0 Å². The number of aliphatic hydroxyl groups is 2. The number of aliphatic hydroxyl groups excluding tert-OH is 2. The van der Waals surface area contributed by atoms with E-state index in [-0.39, 0.29) is 13.1 Å². The number of carbonyl (C=O) groups is 2. The largest absolute Gasteiger partial charge is 0.444 e. The van der Waals surface area contributed by atoms with Crippen molar-refractivity contribution < 1.29 is 38.1 Å². The molecule has 4 atom stereocenters. The summed E-state index contributed by atoms with van der Waals surface area (Å²) in [5, 5.41) is 19.4. The van der Waals surface area contributed by atoms with Gasteiger partial charge in [0.1, 0.15) is 23.5 Å². The van der Waals surface area contributed by atoms with Crippen LogP contribution in [0.2, 0.25) is 0 Å². The lowest BCUT2D eigenvalue weighted by atomic mass is 9.80. The minimum absolute atomic E-state index is 0.112. The minimum atomic E-state index is -1.42. The zero-order chi connectivity index (χ0) is 26.9. The number of carbonyl (C=O) groups excluding carboxylic acids is 2. The summed E-state index contributed by atoms with van der Waals surface area (Å²) in [6, 6.07) is 0. The van der Waals surface area contributed by atoms with Crippen molar-refractivity contribution in [2.45, 2.75) is 105 Å². The Morgan fingerprint density at radius 3 is 1.21 bits per heavy atom. The third-order valence-corrected chi connectivity index (χ3v) is 5.58. The van der Waals surface area contributed by atoms with Gasteiger partial charge >= 0.3 is 12.2 Å². The standard InChI is InChI=1S/2C12H22FNO3/c2*1-11(2,3)17-10(16)14-6-8(13)9(15)12(4,5)7-14/h2*8-9,15H,6-7H2,1-5H3/t2*8-,9-/m10/s1. The summed E-state index contributed by atoms with van der Waals surface area (Å²) in [5.41, 5.74) is -2.50. The molecule has 2 amide bonds. The first-order valence-corrected chi connectivity index (χ1v) is 11.7. The normalized spacial score (nSPS) is 29.0. The SMILES string of the molecule is CC(C)(C)OC(=O)N1C[C@@H](F)[C@@H](O)C(C)(C)C1.CC(C)(C)OC(=O)N1C[C@H](F)[C@H](O)C(C)(C)C1. The monoisotopic (exact) mass is 494 g/mol. The molecule has 0 aromatic heterocycles. The molecular weight excluding hydrogens is 450 g/mol. The molecule has 0 unspecified atom stereocenters. The van der Waals surface area contributed by atoms with Gasteiger partial charge in [0.25, 0.3) is 0 Å². The highest BCUT2D eigenvalue weighted by Gasteiger charge is 2.45. The van der Waals surface area contributed by atoms with E-state index in [2.05, 4.69) is 0 Å². The van der Waals surface area contributed by atoms with Crippen molar-refractivity contribution in [2.75, 3.05) is 26.2 Å². The van der Waals surface area contributed by atoms with Gasteiger partial charge in [-0.2, -0.15) is 0 Å². The van der Waals surface area contributed by atoms with Gasteiger partial charge < -0.3 is 29.5 Å². The number of rotatable bonds is 0. The first kappa shape index (κ1) is 30.4. The lowest BCUT2D eigenvalue weighted by Gasteiger charge is -2.43. The highest BCUT2D eigenvalue weighted by atomic mass is 19.1. The summed E-state index contributed by atoms with van der Waals surface area (Å²) in [6.07, 6.45) is -5.99. The van der Waals surface area contributed by atoms with Crippen molar-refractivity contribution in [3.63, 3.8) is 0 Å². The molecule has 0 aromatic rings. The molecule has 0 bridgehead atoms. The molecule has 200 valence electrons. The third-order valence-electron chi connectivity index (χ3n) is 5.58. The van der Waals surface area contributed by atoms with Crippen molar-refractivity contribution in [3.05, 3.63) is 0 Å². The predicted octanol–water partition coefficient (Wildman–Crippen LogP) is 3.92. The van der Waals surface area contributed by atoms with Crippen molar-refractivity contribution in [2.24, 2.45) is 10.8 Å². The topological polar surface area (TPSA) is 99.5 Å². The maximum atomic E-state index is 13.6. The van der Waals surface area contributed by atoms with Crippen molar-refractivity contribution in [3.8, 4) is 0 Å². The van der Waals surface area contributed by atoms with Gasteiger partial charge in [0.15, 0.2) is 0 Å². The molecule has 2 aliphatic rings. The summed E-state index contributed by atoms with van der Waals surface area (Å²) in [7, 11) is 0. The first-order chi connectivity index (χ1) is 15.1. The molecule has 8 nitrogen and oxygen atoms in total. The Balaban J connectivity index is 0.000000340. The van der Waals surface area contributed by atoms with Gasteiger partial charge in [-0.25, -0.2) is 18.4 Å². The number of nitrogens with zero attached hydrogens (tertiary/aromatic N) is 2. The number of likely N-dealkylation sites (tertiary alicyclic amines) is 2. The Kier molecular flexibility index (Phi) is 9.39. The number of ether oxygens (including phenoxy) is 2. The van der Waals surface area contributed by atoms with Crippen molar-refractivity contribution in [1.82, 2.24) is 9.80 Å². The van der Waals surface area contributed by atoms with E-state index in [9.17, 15) is 28.6 Å². The quantitative estimate of drug-likeness (QED) is 0.530. The third kappa shape index (κ3) is 8.83. The Morgan fingerprint density at radius 2 is 1.00 bits per heavy atom. The fourth-order valence-electron chi connectivity index (χ4n) is 3.83. The average molecular weight is 495 g/mol. The molecule has 2 fully saturated rings. The second kappa shape index (κ2) is 10.5. The van der Waals surface area contributed by atoms with Crippen LogP contribution >= 0.6 is 0 Å². The Morgan fingerprint density at radius 1 is 0.735 bits per heavy atom. The van der Waals surface area contributed by atoms with E-state index in [1.165, 1.54) is 9.80 Å². The van der Waals surface area contributed by atoms with E-state index in [4.69, 9.17) is 9.47 Å². The minimum Gasteiger partial charge on any atom is -0.444 e. The molecule has 0 radical (unpaired) electrons. The van der Waals surface area contributed by atoms with Gasteiger partial charge in [0.2, 0.25) is 0 Å². The molecule has 0 aromatic carbocycles. The second-order valence-corrected chi connectivity index (χ2v) is 12.6. The Hall–Kier alpha value is -1.68. The van der Waals surface area contributed by atoms with Gasteiger partial charge in [0, 0.05) is 23.9 Å². The molecule has 2 rings (SSSR count). The van der Waals surface area contributed by atoms with Gasteiger partial charge in [-0.05, 0) is 41.5 Å². The van der Waals surface area contributed by atoms with Crippen LogP contribution in [0.1, 0.15) is 69.2 Å². The lowest BCUT2D eigenvalue weighted by molar-refractivity contribution is -0.0804. The van der Waals surface area contributed by atoms with Crippen LogP contribution in [0, 0.1) is 10.8 Å². The van der Waals surface area contributed by atoms with Gasteiger partial charge in [-0.15, -0.1) is 0 Å². The van der Waals surface area contributed by atoms with Crippen LogP contribution in [-0.2, 0) is 9.47 Å². The zero-order valence-electron chi connectivity index (χ0n) is 22.3. The van der Waals surface area contributed by atoms with Crippen LogP contribution in [-0.4, -0.2) is 94.1 Å². The van der Waals surface area contributed by atoms with Crippen LogP contribution in [0.4, 0.5) is 18.4 Å². The van der Waals surface area contributed by atoms with Crippen molar-refractivity contribution in [1.29, 1.82) is 0 Å². The van der Waals surface area contributed by atoms with Crippen LogP contribution < -0.4 is 0 Å².